The minimum absolute atomic E-state index is 0.0872. The third-order valence-corrected chi connectivity index (χ3v) is 7.83. The summed E-state index contributed by atoms with van der Waals surface area (Å²) < 4.78 is 34.4. The van der Waals surface area contributed by atoms with Gasteiger partial charge in [0.15, 0.2) is 0 Å². The van der Waals surface area contributed by atoms with E-state index >= 15 is 0 Å². The molecular formula is C22H32N2O5S. The first-order chi connectivity index (χ1) is 14.2. The highest BCUT2D eigenvalue weighted by Crippen LogP contribution is 2.35. The van der Waals surface area contributed by atoms with E-state index in [9.17, 15) is 18.3 Å². The molecule has 3 rings (SSSR count). The summed E-state index contributed by atoms with van der Waals surface area (Å²) in [4.78, 5) is 14.3. The normalized spacial score (nSPS) is 25.1. The molecule has 1 aromatic carbocycles. The number of carbonyl (C=O) groups excluding carboxylic acids is 1. The Bertz CT molecular complexity index is 910. The fourth-order valence-electron chi connectivity index (χ4n) is 3.76. The second-order valence-electron chi connectivity index (χ2n) is 8.44. The fourth-order valence-corrected chi connectivity index (χ4v) is 5.58. The van der Waals surface area contributed by atoms with Crippen LogP contribution in [0.2, 0.25) is 0 Å². The number of hydrogen-bond acceptors (Lipinski definition) is 5. The number of likely N-dealkylation sites (N-methyl/N-ethyl adjacent to an activating group) is 1. The van der Waals surface area contributed by atoms with E-state index in [1.807, 2.05) is 26.0 Å². The molecule has 1 saturated carbocycles. The Kier molecular flexibility index (Phi) is 6.89. The zero-order valence-corrected chi connectivity index (χ0v) is 18.9. The van der Waals surface area contributed by atoms with Gasteiger partial charge in [0, 0.05) is 31.5 Å². The van der Waals surface area contributed by atoms with Gasteiger partial charge in [-0.15, -0.1) is 0 Å². The van der Waals surface area contributed by atoms with E-state index in [-0.39, 0.29) is 47.6 Å². The highest BCUT2D eigenvalue weighted by Gasteiger charge is 2.39. The third kappa shape index (κ3) is 4.71. The molecule has 8 heteroatoms. The van der Waals surface area contributed by atoms with Crippen molar-refractivity contribution in [1.29, 1.82) is 0 Å². The van der Waals surface area contributed by atoms with E-state index in [1.165, 1.54) is 4.31 Å². The molecular weight excluding hydrogens is 404 g/mol. The van der Waals surface area contributed by atoms with Gasteiger partial charge in [0.05, 0.1) is 13.2 Å². The van der Waals surface area contributed by atoms with Crippen LogP contribution in [0.5, 0.6) is 5.75 Å². The van der Waals surface area contributed by atoms with E-state index in [0.29, 0.717) is 6.54 Å². The molecule has 1 aliphatic carbocycles. The van der Waals surface area contributed by atoms with Crippen LogP contribution in [0.15, 0.2) is 29.2 Å². The van der Waals surface area contributed by atoms with Gasteiger partial charge in [0.1, 0.15) is 16.7 Å². The molecule has 166 valence electrons. The number of aliphatic hydroxyl groups excluding tert-OH is 1. The summed E-state index contributed by atoms with van der Waals surface area (Å²) in [6.07, 6.45) is 5.24. The SMILES string of the molecule is C/C=C/c1ccc2c(c1)O[C@@H](CN(C)C(=O)C1CC1)[C@H](C)CN([C@@H](C)CO)S2(=O)=O. The monoisotopic (exact) mass is 436 g/mol. The summed E-state index contributed by atoms with van der Waals surface area (Å²) in [5.41, 5.74) is 0.836. The Balaban J connectivity index is 2.01. The van der Waals surface area contributed by atoms with Crippen LogP contribution in [0.1, 0.15) is 39.2 Å². The summed E-state index contributed by atoms with van der Waals surface area (Å²) >= 11 is 0. The number of aliphatic hydroxyl groups is 1. The van der Waals surface area contributed by atoms with Crippen molar-refractivity contribution in [3.8, 4) is 5.75 Å². The summed E-state index contributed by atoms with van der Waals surface area (Å²) in [5.74, 6) is 0.328. The third-order valence-electron chi connectivity index (χ3n) is 5.81. The summed E-state index contributed by atoms with van der Waals surface area (Å²) in [6.45, 7) is 5.82. The first-order valence-corrected chi connectivity index (χ1v) is 11.9. The maximum Gasteiger partial charge on any atom is 0.247 e. The van der Waals surface area contributed by atoms with Gasteiger partial charge in [-0.3, -0.25) is 4.79 Å². The van der Waals surface area contributed by atoms with Crippen LogP contribution in [-0.2, 0) is 14.8 Å². The molecule has 0 aromatic heterocycles. The van der Waals surface area contributed by atoms with Gasteiger partial charge < -0.3 is 14.7 Å². The molecule has 0 saturated heterocycles. The lowest BCUT2D eigenvalue weighted by Crippen LogP contribution is -2.50. The van der Waals surface area contributed by atoms with Crippen molar-refractivity contribution in [3.63, 3.8) is 0 Å². The molecule has 1 fully saturated rings. The Hall–Kier alpha value is -1.90. The molecule has 30 heavy (non-hydrogen) atoms. The van der Waals surface area contributed by atoms with Gasteiger partial charge in [-0.1, -0.05) is 25.1 Å². The van der Waals surface area contributed by atoms with E-state index in [1.54, 1.807) is 37.1 Å². The lowest BCUT2D eigenvalue weighted by Gasteiger charge is -2.37. The standard InChI is InChI=1S/C22H32N2O5S/c1-5-6-17-7-10-21-19(11-17)29-20(13-23(4)22(26)18-8-9-18)15(2)12-24(16(3)14-25)30(21,27)28/h5-7,10-11,15-16,18,20,25H,8-9,12-14H2,1-4H3/b6-5+/t15-,16+,20+/m1/s1. The minimum Gasteiger partial charge on any atom is -0.487 e. The van der Waals surface area contributed by atoms with Crippen molar-refractivity contribution in [3.05, 3.63) is 29.8 Å². The zero-order chi connectivity index (χ0) is 22.1. The van der Waals surface area contributed by atoms with Crippen LogP contribution < -0.4 is 4.74 Å². The Morgan fingerprint density at radius 1 is 1.40 bits per heavy atom. The molecule has 1 aromatic rings. The van der Waals surface area contributed by atoms with E-state index in [4.69, 9.17) is 4.74 Å². The quantitative estimate of drug-likeness (QED) is 0.740. The zero-order valence-electron chi connectivity index (χ0n) is 18.1. The Labute approximate surface area is 179 Å². The smallest absolute Gasteiger partial charge is 0.247 e. The minimum atomic E-state index is -3.85. The van der Waals surface area contributed by atoms with Crippen molar-refractivity contribution in [1.82, 2.24) is 9.21 Å². The molecule has 3 atom stereocenters. The molecule has 0 spiro atoms. The first-order valence-electron chi connectivity index (χ1n) is 10.5. The number of amides is 1. The average molecular weight is 437 g/mol. The number of hydrogen-bond donors (Lipinski definition) is 1. The van der Waals surface area contributed by atoms with Gasteiger partial charge in [-0.05, 0) is 44.4 Å². The Morgan fingerprint density at radius 3 is 2.70 bits per heavy atom. The summed E-state index contributed by atoms with van der Waals surface area (Å²) in [5, 5.41) is 9.68. The fraction of sp³-hybridized carbons (Fsp3) is 0.591. The highest BCUT2D eigenvalue weighted by atomic mass is 32.2. The van der Waals surface area contributed by atoms with Crippen LogP contribution in [-0.4, -0.2) is 67.5 Å². The lowest BCUT2D eigenvalue weighted by atomic mass is 10.0. The molecule has 0 radical (unpaired) electrons. The van der Waals surface area contributed by atoms with E-state index < -0.39 is 16.1 Å². The topological polar surface area (TPSA) is 87.2 Å². The second kappa shape index (κ2) is 9.08. The van der Waals surface area contributed by atoms with Crippen molar-refractivity contribution in [2.45, 2.75) is 50.7 Å². The second-order valence-corrected chi connectivity index (χ2v) is 10.3. The van der Waals surface area contributed by atoms with Gasteiger partial charge in [0.25, 0.3) is 0 Å². The van der Waals surface area contributed by atoms with Crippen molar-refractivity contribution in [2.24, 2.45) is 11.8 Å². The van der Waals surface area contributed by atoms with Gasteiger partial charge >= 0.3 is 0 Å². The van der Waals surface area contributed by atoms with E-state index in [0.717, 1.165) is 18.4 Å². The number of benzene rings is 1. The number of ether oxygens (including phenoxy) is 1. The van der Waals surface area contributed by atoms with Crippen LogP contribution in [0.4, 0.5) is 0 Å². The van der Waals surface area contributed by atoms with Crippen LogP contribution in [0.25, 0.3) is 6.08 Å². The molecule has 7 nitrogen and oxygen atoms in total. The van der Waals surface area contributed by atoms with Gasteiger partial charge in [-0.25, -0.2) is 8.42 Å². The predicted octanol–water partition coefficient (Wildman–Crippen LogP) is 2.36. The van der Waals surface area contributed by atoms with E-state index in [2.05, 4.69) is 0 Å². The number of rotatable bonds is 6. The molecule has 2 aliphatic rings. The van der Waals surface area contributed by atoms with Crippen molar-refractivity contribution >= 4 is 22.0 Å². The number of sulfonamides is 1. The number of carbonyl (C=O) groups is 1. The van der Waals surface area contributed by atoms with Gasteiger partial charge in [0.2, 0.25) is 15.9 Å². The Morgan fingerprint density at radius 2 is 2.10 bits per heavy atom. The number of fused-ring (bicyclic) bond motifs is 1. The first kappa shape index (κ1) is 22.8. The molecule has 0 unspecified atom stereocenters. The highest BCUT2D eigenvalue weighted by molar-refractivity contribution is 7.89. The van der Waals surface area contributed by atoms with Crippen LogP contribution in [0, 0.1) is 11.8 Å². The maximum absolute atomic E-state index is 13.4. The van der Waals surface area contributed by atoms with Crippen LogP contribution in [0.3, 0.4) is 0 Å². The molecule has 0 bridgehead atoms. The van der Waals surface area contributed by atoms with Crippen molar-refractivity contribution in [2.75, 3.05) is 26.7 Å². The lowest BCUT2D eigenvalue weighted by molar-refractivity contribution is -0.132. The van der Waals surface area contributed by atoms with Gasteiger partial charge in [-0.2, -0.15) is 4.31 Å². The number of nitrogens with zero attached hydrogens (tertiary/aromatic N) is 2. The molecule has 1 N–H and O–H groups in total. The summed E-state index contributed by atoms with van der Waals surface area (Å²) in [7, 11) is -2.07. The predicted molar refractivity (Wildman–Crippen MR) is 116 cm³/mol. The average Bonchev–Trinajstić information content (AvgIpc) is 3.55. The number of allylic oxidation sites excluding steroid dienone is 1. The maximum atomic E-state index is 13.4. The molecule has 1 heterocycles. The van der Waals surface area contributed by atoms with Crippen molar-refractivity contribution < 1.29 is 23.1 Å². The van der Waals surface area contributed by atoms with Crippen LogP contribution >= 0.6 is 0 Å². The summed E-state index contributed by atoms with van der Waals surface area (Å²) in [6, 6.07) is 4.46. The largest absolute Gasteiger partial charge is 0.487 e. The molecule has 1 amide bonds. The molecule has 1 aliphatic heterocycles.